The molecule has 1 aliphatic heterocycles. The lowest BCUT2D eigenvalue weighted by Crippen LogP contribution is -2.24. The van der Waals surface area contributed by atoms with Gasteiger partial charge in [-0.05, 0) is 43.5 Å². The minimum absolute atomic E-state index is 0.0864. The number of aromatic amines is 1. The highest BCUT2D eigenvalue weighted by atomic mass is 32.2. The second kappa shape index (κ2) is 5.61. The van der Waals surface area contributed by atoms with Crippen molar-refractivity contribution in [2.24, 2.45) is 0 Å². The van der Waals surface area contributed by atoms with Gasteiger partial charge in [-0.15, -0.1) is 0 Å². The first-order valence-electron chi connectivity index (χ1n) is 7.12. The van der Waals surface area contributed by atoms with Crippen molar-refractivity contribution in [1.29, 1.82) is 0 Å². The van der Waals surface area contributed by atoms with E-state index in [0.717, 1.165) is 30.6 Å². The Balaban J connectivity index is 1.59. The molecule has 5 nitrogen and oxygen atoms in total. The molecule has 1 unspecified atom stereocenters. The van der Waals surface area contributed by atoms with Crippen LogP contribution in [0.1, 0.15) is 29.3 Å². The lowest BCUT2D eigenvalue weighted by Gasteiger charge is -2.12. The van der Waals surface area contributed by atoms with E-state index in [0.29, 0.717) is 4.90 Å². The first-order valence-corrected chi connectivity index (χ1v) is 8.77. The van der Waals surface area contributed by atoms with Gasteiger partial charge in [0.2, 0.25) is 0 Å². The van der Waals surface area contributed by atoms with Crippen molar-refractivity contribution in [3.8, 4) is 0 Å². The maximum atomic E-state index is 12.1. The fraction of sp³-hybridized carbons (Fsp3) is 0.400. The zero-order chi connectivity index (χ0) is 14.9. The molecule has 1 aromatic carbocycles. The second-order valence-electron chi connectivity index (χ2n) is 5.45. The molecule has 6 heteroatoms. The number of H-pyrrole nitrogens is 1. The van der Waals surface area contributed by atoms with Crippen LogP contribution in [-0.2, 0) is 16.3 Å². The third-order valence-electron chi connectivity index (χ3n) is 3.96. The van der Waals surface area contributed by atoms with Crippen molar-refractivity contribution < 1.29 is 8.42 Å². The van der Waals surface area contributed by atoms with Crippen LogP contribution in [0.3, 0.4) is 0 Å². The molecule has 112 valence electrons. The average molecular weight is 305 g/mol. The van der Waals surface area contributed by atoms with E-state index in [9.17, 15) is 8.42 Å². The maximum absolute atomic E-state index is 12.1. The Morgan fingerprint density at radius 3 is 2.95 bits per heavy atom. The quantitative estimate of drug-likeness (QED) is 0.826. The summed E-state index contributed by atoms with van der Waals surface area (Å²) in [6.07, 6.45) is 3.75. The smallest absolute Gasteiger partial charge is 0.180 e. The van der Waals surface area contributed by atoms with Gasteiger partial charge in [-0.2, -0.15) is 5.10 Å². The monoisotopic (exact) mass is 305 g/mol. The average Bonchev–Trinajstić information content (AvgIpc) is 2.98. The van der Waals surface area contributed by atoms with E-state index in [2.05, 4.69) is 15.5 Å². The van der Waals surface area contributed by atoms with E-state index in [4.69, 9.17) is 0 Å². The minimum Gasteiger partial charge on any atom is -0.309 e. The number of rotatable bonds is 5. The molecule has 0 aliphatic carbocycles. The number of hydrogen-bond donors (Lipinski definition) is 2. The predicted octanol–water partition coefficient (Wildman–Crippen LogP) is 1.77. The zero-order valence-corrected chi connectivity index (χ0v) is 12.8. The van der Waals surface area contributed by atoms with Crippen LogP contribution in [0, 0.1) is 6.92 Å². The summed E-state index contributed by atoms with van der Waals surface area (Å²) in [6, 6.07) is 7.18. The van der Waals surface area contributed by atoms with Crippen LogP contribution in [0.25, 0.3) is 0 Å². The van der Waals surface area contributed by atoms with E-state index < -0.39 is 9.84 Å². The van der Waals surface area contributed by atoms with Crippen molar-refractivity contribution in [1.82, 2.24) is 15.5 Å². The van der Waals surface area contributed by atoms with Crippen LogP contribution in [0.4, 0.5) is 0 Å². The largest absolute Gasteiger partial charge is 0.309 e. The number of nitrogens with one attached hydrogen (secondary N) is 2. The van der Waals surface area contributed by atoms with E-state index in [1.54, 1.807) is 12.1 Å². The molecule has 3 rings (SSSR count). The highest BCUT2D eigenvalue weighted by Gasteiger charge is 2.33. The number of aryl methyl sites for hydroxylation is 2. The standard InChI is InChI=1S/C15H19N3O2S/c1-11-12(9-17-18-11)5-4-8-16-14-10-21(19,20)15-7-3-2-6-13(14)15/h2-3,6-7,9,14,16H,4-5,8,10H2,1H3,(H,17,18). The van der Waals surface area contributed by atoms with Crippen LogP contribution >= 0.6 is 0 Å². The predicted molar refractivity (Wildman–Crippen MR) is 80.9 cm³/mol. The SMILES string of the molecule is Cc1[nH]ncc1CCCNC1CS(=O)(=O)c2ccccc21. The third kappa shape index (κ3) is 2.87. The Bertz CT molecular complexity index is 737. The number of hydrogen-bond acceptors (Lipinski definition) is 4. The minimum atomic E-state index is -3.12. The third-order valence-corrected chi connectivity index (χ3v) is 5.78. The van der Waals surface area contributed by atoms with Crippen molar-refractivity contribution >= 4 is 9.84 Å². The molecule has 0 amide bonds. The van der Waals surface area contributed by atoms with E-state index in [1.807, 2.05) is 25.3 Å². The fourth-order valence-electron chi connectivity index (χ4n) is 2.80. The van der Waals surface area contributed by atoms with E-state index >= 15 is 0 Å². The topological polar surface area (TPSA) is 74.8 Å². The number of sulfone groups is 1. The zero-order valence-electron chi connectivity index (χ0n) is 12.0. The highest BCUT2D eigenvalue weighted by Crippen LogP contribution is 2.32. The summed E-state index contributed by atoms with van der Waals surface area (Å²) in [5.41, 5.74) is 3.22. The molecule has 0 fully saturated rings. The van der Waals surface area contributed by atoms with Crippen LogP contribution in [0.5, 0.6) is 0 Å². The van der Waals surface area contributed by atoms with Gasteiger partial charge in [0.25, 0.3) is 0 Å². The van der Waals surface area contributed by atoms with Crippen LogP contribution in [-0.4, -0.2) is 30.9 Å². The van der Waals surface area contributed by atoms with Crippen molar-refractivity contribution in [2.45, 2.75) is 30.7 Å². The Morgan fingerprint density at radius 1 is 1.38 bits per heavy atom. The van der Waals surface area contributed by atoms with Crippen LogP contribution in [0.15, 0.2) is 35.4 Å². The fourth-order valence-corrected chi connectivity index (χ4v) is 4.57. The lowest BCUT2D eigenvalue weighted by atomic mass is 10.1. The van der Waals surface area contributed by atoms with Gasteiger partial charge in [0, 0.05) is 11.7 Å². The molecule has 1 atom stereocenters. The summed E-state index contributed by atoms with van der Waals surface area (Å²) in [5, 5.41) is 10.3. The van der Waals surface area contributed by atoms with Crippen LogP contribution < -0.4 is 5.32 Å². The number of benzene rings is 1. The summed E-state index contributed by atoms with van der Waals surface area (Å²) >= 11 is 0. The molecule has 0 spiro atoms. The van der Waals surface area contributed by atoms with Crippen molar-refractivity contribution in [3.63, 3.8) is 0 Å². The van der Waals surface area contributed by atoms with Gasteiger partial charge in [0.15, 0.2) is 9.84 Å². The molecule has 0 radical (unpaired) electrons. The summed E-state index contributed by atoms with van der Waals surface area (Å²) in [7, 11) is -3.12. The lowest BCUT2D eigenvalue weighted by molar-refractivity contribution is 0.554. The van der Waals surface area contributed by atoms with Crippen molar-refractivity contribution in [3.05, 3.63) is 47.3 Å². The maximum Gasteiger partial charge on any atom is 0.180 e. The molecule has 0 bridgehead atoms. The summed E-state index contributed by atoms with van der Waals surface area (Å²) in [5.74, 6) is 0.164. The Labute approximate surface area is 124 Å². The Hall–Kier alpha value is -1.66. The number of aromatic nitrogens is 2. The summed E-state index contributed by atoms with van der Waals surface area (Å²) < 4.78 is 24.2. The van der Waals surface area contributed by atoms with E-state index in [-0.39, 0.29) is 11.8 Å². The van der Waals surface area contributed by atoms with Gasteiger partial charge < -0.3 is 5.32 Å². The Kier molecular flexibility index (Phi) is 3.82. The molecule has 2 heterocycles. The van der Waals surface area contributed by atoms with Gasteiger partial charge in [-0.1, -0.05) is 18.2 Å². The normalized spacial score (nSPS) is 19.6. The first kappa shape index (κ1) is 14.3. The molecule has 2 N–H and O–H groups in total. The Morgan fingerprint density at radius 2 is 2.19 bits per heavy atom. The van der Waals surface area contributed by atoms with E-state index in [1.165, 1.54) is 5.56 Å². The summed E-state index contributed by atoms with van der Waals surface area (Å²) in [4.78, 5) is 0.480. The van der Waals surface area contributed by atoms with Gasteiger partial charge in [0.05, 0.1) is 16.8 Å². The molecule has 0 saturated heterocycles. The second-order valence-corrected chi connectivity index (χ2v) is 7.45. The van der Waals surface area contributed by atoms with Crippen LogP contribution in [0.2, 0.25) is 0 Å². The molecule has 2 aromatic rings. The molecule has 1 aliphatic rings. The number of fused-ring (bicyclic) bond motifs is 1. The molecular formula is C15H19N3O2S. The number of nitrogens with zero attached hydrogens (tertiary/aromatic N) is 1. The molecule has 0 saturated carbocycles. The summed E-state index contributed by atoms with van der Waals surface area (Å²) in [6.45, 7) is 2.80. The first-order chi connectivity index (χ1) is 10.1. The van der Waals surface area contributed by atoms with Gasteiger partial charge in [-0.3, -0.25) is 5.10 Å². The molecule has 21 heavy (non-hydrogen) atoms. The van der Waals surface area contributed by atoms with Gasteiger partial charge >= 0.3 is 0 Å². The molecular weight excluding hydrogens is 286 g/mol. The highest BCUT2D eigenvalue weighted by molar-refractivity contribution is 7.91. The van der Waals surface area contributed by atoms with Gasteiger partial charge in [-0.25, -0.2) is 8.42 Å². The van der Waals surface area contributed by atoms with Crippen molar-refractivity contribution in [2.75, 3.05) is 12.3 Å². The molecule has 1 aromatic heterocycles. The van der Waals surface area contributed by atoms with Gasteiger partial charge in [0.1, 0.15) is 0 Å².